The lowest BCUT2D eigenvalue weighted by Crippen LogP contribution is -2.57. The maximum Gasteiger partial charge on any atom is 0.240 e. The summed E-state index contributed by atoms with van der Waals surface area (Å²) in [7, 11) is 0. The molecular weight excluding hydrogens is 371 g/mol. The van der Waals surface area contributed by atoms with E-state index in [0.717, 1.165) is 24.8 Å². The molecule has 0 saturated heterocycles. The number of nitrogens with two attached hydrogens (primary N) is 1. The maximum atomic E-state index is 13.2. The Hall–Kier alpha value is -1.26. The van der Waals surface area contributed by atoms with Crippen molar-refractivity contribution in [1.29, 1.82) is 0 Å². The number of hydrogen-bond donors (Lipinski definition) is 2. The number of carbonyl (C=O) groups is 2. The zero-order valence-corrected chi connectivity index (χ0v) is 16.2. The van der Waals surface area contributed by atoms with Gasteiger partial charge in [0, 0.05) is 21.9 Å². The Labute approximate surface area is 163 Å². The van der Waals surface area contributed by atoms with Crippen LogP contribution < -0.4 is 11.1 Å². The van der Waals surface area contributed by atoms with E-state index in [1.807, 2.05) is 0 Å². The Kier molecular flexibility index (Phi) is 4.68. The number of amides is 2. The predicted molar refractivity (Wildman–Crippen MR) is 102 cm³/mol. The lowest BCUT2D eigenvalue weighted by molar-refractivity contribution is -0.148. The summed E-state index contributed by atoms with van der Waals surface area (Å²) in [4.78, 5) is 25.2. The third kappa shape index (κ3) is 3.34. The van der Waals surface area contributed by atoms with Crippen molar-refractivity contribution >= 4 is 35.0 Å². The second-order valence-electron chi connectivity index (χ2n) is 8.57. The Morgan fingerprint density at radius 1 is 1.12 bits per heavy atom. The van der Waals surface area contributed by atoms with Gasteiger partial charge >= 0.3 is 0 Å². The summed E-state index contributed by atoms with van der Waals surface area (Å²) in [6.45, 7) is 0. The van der Waals surface area contributed by atoms with Gasteiger partial charge in [-0.15, -0.1) is 0 Å². The van der Waals surface area contributed by atoms with Gasteiger partial charge < -0.3 is 11.1 Å². The summed E-state index contributed by atoms with van der Waals surface area (Å²) in [6.07, 6.45) is 6.96. The fraction of sp³-hybridized carbons (Fsp3) is 0.600. The molecule has 0 spiro atoms. The first-order valence-electron chi connectivity index (χ1n) is 9.39. The normalized spacial score (nSPS) is 33.1. The highest BCUT2D eigenvalue weighted by Crippen LogP contribution is 2.60. The second-order valence-corrected chi connectivity index (χ2v) is 9.41. The molecule has 4 nitrogen and oxygen atoms in total. The van der Waals surface area contributed by atoms with Crippen LogP contribution in [0.4, 0.5) is 0 Å². The molecule has 140 valence electrons. The van der Waals surface area contributed by atoms with Crippen LogP contribution >= 0.6 is 23.2 Å². The highest BCUT2D eigenvalue weighted by Gasteiger charge is 2.54. The molecule has 0 radical (unpaired) electrons. The molecule has 1 aromatic carbocycles. The van der Waals surface area contributed by atoms with Crippen molar-refractivity contribution in [3.8, 4) is 0 Å². The Morgan fingerprint density at radius 2 is 1.69 bits per heavy atom. The van der Waals surface area contributed by atoms with Gasteiger partial charge in [0.25, 0.3) is 0 Å². The van der Waals surface area contributed by atoms with E-state index in [9.17, 15) is 9.59 Å². The molecule has 26 heavy (non-hydrogen) atoms. The molecule has 0 aliphatic heterocycles. The average Bonchev–Trinajstić information content (AvgIpc) is 2.55. The van der Waals surface area contributed by atoms with E-state index >= 15 is 0 Å². The quantitative estimate of drug-likeness (QED) is 0.798. The fourth-order valence-electron chi connectivity index (χ4n) is 5.83. The maximum absolute atomic E-state index is 13.2. The summed E-state index contributed by atoms with van der Waals surface area (Å²) in [5, 5.41) is 3.97. The molecule has 4 saturated carbocycles. The van der Waals surface area contributed by atoms with E-state index < -0.39 is 11.9 Å². The van der Waals surface area contributed by atoms with Gasteiger partial charge in [0.1, 0.15) is 6.04 Å². The molecule has 4 fully saturated rings. The van der Waals surface area contributed by atoms with Gasteiger partial charge in [-0.3, -0.25) is 9.59 Å². The summed E-state index contributed by atoms with van der Waals surface area (Å²) < 4.78 is 0. The number of rotatable bonds is 5. The predicted octanol–water partition coefficient (Wildman–Crippen LogP) is 3.72. The molecule has 0 heterocycles. The summed E-state index contributed by atoms with van der Waals surface area (Å²) >= 11 is 12.2. The molecule has 4 aliphatic rings. The Bertz CT molecular complexity index is 714. The molecule has 4 bridgehead atoms. The minimum Gasteiger partial charge on any atom is -0.368 e. The van der Waals surface area contributed by atoms with Crippen molar-refractivity contribution in [1.82, 2.24) is 5.32 Å². The minimum atomic E-state index is -0.755. The molecular formula is C20H24Cl2N2O2. The van der Waals surface area contributed by atoms with Gasteiger partial charge in [-0.2, -0.15) is 0 Å². The number of primary amides is 1. The van der Waals surface area contributed by atoms with Crippen molar-refractivity contribution in [3.05, 3.63) is 33.8 Å². The summed E-state index contributed by atoms with van der Waals surface area (Å²) in [5.41, 5.74) is 6.04. The van der Waals surface area contributed by atoms with Gasteiger partial charge in [0.15, 0.2) is 0 Å². The van der Waals surface area contributed by atoms with Crippen LogP contribution in [0.5, 0.6) is 0 Å². The molecule has 6 heteroatoms. The van der Waals surface area contributed by atoms with E-state index in [2.05, 4.69) is 5.32 Å². The van der Waals surface area contributed by atoms with E-state index in [4.69, 9.17) is 28.9 Å². The minimum absolute atomic E-state index is 0.00508. The molecule has 1 aromatic rings. The average molecular weight is 395 g/mol. The van der Waals surface area contributed by atoms with Crippen molar-refractivity contribution in [2.24, 2.45) is 28.9 Å². The molecule has 1 atom stereocenters. The van der Waals surface area contributed by atoms with Gasteiger partial charge in [-0.25, -0.2) is 0 Å². The molecule has 3 N–H and O–H groups in total. The van der Waals surface area contributed by atoms with Crippen molar-refractivity contribution in [2.75, 3.05) is 0 Å². The van der Waals surface area contributed by atoms with Gasteiger partial charge in [0.2, 0.25) is 11.8 Å². The number of halogens is 2. The van der Waals surface area contributed by atoms with Gasteiger partial charge in [0.05, 0.1) is 0 Å². The number of hydrogen-bond acceptors (Lipinski definition) is 2. The summed E-state index contributed by atoms with van der Waals surface area (Å²) in [6, 6.07) is 4.38. The van der Waals surface area contributed by atoms with Crippen LogP contribution in [0.25, 0.3) is 0 Å². The molecule has 2 amide bonds. The van der Waals surface area contributed by atoms with Crippen molar-refractivity contribution in [3.63, 3.8) is 0 Å². The highest BCUT2D eigenvalue weighted by atomic mass is 35.5. The third-order valence-electron chi connectivity index (χ3n) is 6.61. The Morgan fingerprint density at radius 3 is 2.19 bits per heavy atom. The first-order chi connectivity index (χ1) is 12.3. The summed E-state index contributed by atoms with van der Waals surface area (Å²) in [5.74, 6) is 1.48. The van der Waals surface area contributed by atoms with E-state index in [0.29, 0.717) is 27.8 Å². The molecule has 4 aliphatic carbocycles. The number of nitrogens with one attached hydrogen (secondary N) is 1. The zero-order chi connectivity index (χ0) is 18.5. The van der Waals surface area contributed by atoms with Crippen molar-refractivity contribution < 1.29 is 9.59 Å². The van der Waals surface area contributed by atoms with Crippen LogP contribution in [-0.4, -0.2) is 17.9 Å². The standard InChI is InChI=1S/C20H24Cl2N2O2/c21-15-2-1-14(16(22)7-15)6-17(18(23)25)24-19(26)20-8-11-3-12(9-20)5-13(4-11)10-20/h1-2,7,11-13,17H,3-6,8-10H2,(H2,23,25)(H,24,26)/t11?,12?,13?,17-,20?/m0/s1. The van der Waals surface area contributed by atoms with Crippen molar-refractivity contribution in [2.45, 2.75) is 51.0 Å². The number of benzene rings is 1. The van der Waals surface area contributed by atoms with E-state index in [-0.39, 0.29) is 17.7 Å². The monoisotopic (exact) mass is 394 g/mol. The Balaban J connectivity index is 1.50. The lowest BCUT2D eigenvalue weighted by atomic mass is 9.49. The first-order valence-corrected chi connectivity index (χ1v) is 10.1. The fourth-order valence-corrected chi connectivity index (χ4v) is 6.32. The largest absolute Gasteiger partial charge is 0.368 e. The van der Waals surface area contributed by atoms with E-state index in [1.54, 1.807) is 18.2 Å². The first kappa shape index (κ1) is 18.1. The van der Waals surface area contributed by atoms with Crippen LogP contribution in [0.2, 0.25) is 10.0 Å². The molecule has 0 aromatic heterocycles. The lowest BCUT2D eigenvalue weighted by Gasteiger charge is -2.55. The highest BCUT2D eigenvalue weighted by molar-refractivity contribution is 6.35. The molecule has 0 unspecified atom stereocenters. The van der Waals surface area contributed by atoms with Crippen LogP contribution in [0.15, 0.2) is 18.2 Å². The second kappa shape index (κ2) is 6.72. The van der Waals surface area contributed by atoms with Gasteiger partial charge in [-0.05, 0) is 74.0 Å². The number of carbonyl (C=O) groups excluding carboxylic acids is 2. The topological polar surface area (TPSA) is 72.2 Å². The van der Waals surface area contributed by atoms with Crippen LogP contribution in [0, 0.1) is 23.2 Å². The van der Waals surface area contributed by atoms with E-state index in [1.165, 1.54) is 19.3 Å². The van der Waals surface area contributed by atoms with Crippen LogP contribution in [0.3, 0.4) is 0 Å². The zero-order valence-electron chi connectivity index (χ0n) is 14.6. The van der Waals surface area contributed by atoms with Crippen LogP contribution in [0.1, 0.15) is 44.1 Å². The SMILES string of the molecule is NC(=O)[C@H](Cc1ccc(Cl)cc1Cl)NC(=O)C12CC3CC(CC(C3)C1)C2. The smallest absolute Gasteiger partial charge is 0.240 e. The third-order valence-corrected chi connectivity index (χ3v) is 7.19. The van der Waals surface area contributed by atoms with Gasteiger partial charge in [-0.1, -0.05) is 29.3 Å². The van der Waals surface area contributed by atoms with Crippen LogP contribution in [-0.2, 0) is 16.0 Å². The molecule has 5 rings (SSSR count).